The highest BCUT2D eigenvalue weighted by Gasteiger charge is 2.30. The van der Waals surface area contributed by atoms with Crippen molar-refractivity contribution in [1.29, 1.82) is 0 Å². The average Bonchev–Trinajstić information content (AvgIpc) is 3.13. The minimum atomic E-state index is -1.29. The van der Waals surface area contributed by atoms with Gasteiger partial charge in [-0.05, 0) is 45.4 Å². The van der Waals surface area contributed by atoms with E-state index in [0.717, 1.165) is 27.8 Å². The molecule has 3 N–H and O–H groups in total. The van der Waals surface area contributed by atoms with Crippen LogP contribution in [0.15, 0.2) is 60.7 Å². The average molecular weight is 480 g/mol. The summed E-state index contributed by atoms with van der Waals surface area (Å²) in [4.78, 5) is 24.4. The van der Waals surface area contributed by atoms with Gasteiger partial charge in [-0.25, -0.2) is 9.59 Å². The van der Waals surface area contributed by atoms with Crippen LogP contribution in [0.1, 0.15) is 47.9 Å². The van der Waals surface area contributed by atoms with Crippen LogP contribution in [0.4, 0.5) is 4.79 Å². The summed E-state index contributed by atoms with van der Waals surface area (Å²) in [7, 11) is 0. The molecular formula is C27H26ClNO5. The molecule has 1 amide bonds. The van der Waals surface area contributed by atoms with Gasteiger partial charge in [0.25, 0.3) is 0 Å². The van der Waals surface area contributed by atoms with Crippen molar-refractivity contribution in [3.8, 4) is 16.9 Å². The van der Waals surface area contributed by atoms with E-state index in [2.05, 4.69) is 5.32 Å². The number of phenols is 1. The number of rotatable bonds is 7. The number of hydrogen-bond donors (Lipinski definition) is 3. The molecule has 0 spiro atoms. The number of carbonyl (C=O) groups excluding carboxylic acids is 1. The number of carboxylic acid groups (broad SMARTS) is 1. The predicted octanol–water partition coefficient (Wildman–Crippen LogP) is 5.70. The molecule has 1 aliphatic rings. The Hall–Kier alpha value is -3.51. The second-order valence-electron chi connectivity index (χ2n) is 8.73. The van der Waals surface area contributed by atoms with Gasteiger partial charge in [-0.15, -0.1) is 0 Å². The number of nitrogens with one attached hydrogen (secondary N) is 1. The lowest BCUT2D eigenvalue weighted by molar-refractivity contribution is -0.139. The Kier molecular flexibility index (Phi) is 6.80. The Morgan fingerprint density at radius 3 is 2.18 bits per heavy atom. The molecule has 0 heterocycles. The van der Waals surface area contributed by atoms with Crippen molar-refractivity contribution in [2.75, 3.05) is 6.61 Å². The maximum atomic E-state index is 12.6. The first-order valence-electron chi connectivity index (χ1n) is 11.1. The third-order valence-electron chi connectivity index (χ3n) is 6.19. The fourth-order valence-electron chi connectivity index (χ4n) is 4.37. The normalized spacial score (nSPS) is 13.3. The van der Waals surface area contributed by atoms with Crippen LogP contribution in [0.5, 0.6) is 5.75 Å². The van der Waals surface area contributed by atoms with Gasteiger partial charge < -0.3 is 20.3 Å². The number of amides is 1. The van der Waals surface area contributed by atoms with E-state index in [1.165, 1.54) is 0 Å². The van der Waals surface area contributed by atoms with Crippen LogP contribution in [-0.2, 0) is 16.0 Å². The van der Waals surface area contributed by atoms with Crippen molar-refractivity contribution in [3.05, 3.63) is 87.9 Å². The summed E-state index contributed by atoms with van der Waals surface area (Å²) < 4.78 is 5.47. The highest BCUT2D eigenvalue weighted by Crippen LogP contribution is 2.44. The lowest BCUT2D eigenvalue weighted by Gasteiger charge is -2.19. The highest BCUT2D eigenvalue weighted by atomic mass is 35.5. The van der Waals surface area contributed by atoms with Crippen molar-refractivity contribution in [3.63, 3.8) is 0 Å². The minimum Gasteiger partial charge on any atom is -0.506 e. The largest absolute Gasteiger partial charge is 0.506 e. The van der Waals surface area contributed by atoms with Crippen LogP contribution in [0, 0.1) is 0 Å². The number of hydrogen-bond acceptors (Lipinski definition) is 4. The molecule has 0 radical (unpaired) electrons. The molecule has 34 heavy (non-hydrogen) atoms. The second-order valence-corrected chi connectivity index (χ2v) is 9.14. The molecule has 7 heteroatoms. The number of ether oxygens (including phenoxy) is 1. The van der Waals surface area contributed by atoms with Crippen molar-refractivity contribution in [1.82, 2.24) is 5.32 Å². The molecule has 3 aromatic carbocycles. The van der Waals surface area contributed by atoms with E-state index in [4.69, 9.17) is 16.3 Å². The topological polar surface area (TPSA) is 95.9 Å². The Labute approximate surface area is 203 Å². The van der Waals surface area contributed by atoms with Crippen LogP contribution < -0.4 is 5.32 Å². The van der Waals surface area contributed by atoms with Gasteiger partial charge in [0, 0.05) is 12.3 Å². The van der Waals surface area contributed by atoms with Gasteiger partial charge in [0.1, 0.15) is 18.4 Å². The van der Waals surface area contributed by atoms with Crippen molar-refractivity contribution in [2.45, 2.75) is 38.1 Å². The number of carbonyl (C=O) groups is 2. The molecule has 0 fully saturated rings. The molecule has 3 aromatic rings. The molecule has 0 bridgehead atoms. The highest BCUT2D eigenvalue weighted by molar-refractivity contribution is 6.32. The third kappa shape index (κ3) is 4.73. The minimum absolute atomic E-state index is 0.0755. The molecule has 4 rings (SSSR count). The van der Waals surface area contributed by atoms with Gasteiger partial charge >= 0.3 is 12.1 Å². The number of phenolic OH excluding ortho intramolecular Hbond substituents is 1. The Balaban J connectivity index is 1.47. The molecular weight excluding hydrogens is 454 g/mol. The summed E-state index contributed by atoms with van der Waals surface area (Å²) in [6, 6.07) is 18.0. The van der Waals surface area contributed by atoms with E-state index >= 15 is 0 Å². The van der Waals surface area contributed by atoms with Gasteiger partial charge in [0.05, 0.1) is 5.02 Å². The summed E-state index contributed by atoms with van der Waals surface area (Å²) >= 11 is 6.13. The first-order chi connectivity index (χ1) is 16.3. The monoisotopic (exact) mass is 479 g/mol. The van der Waals surface area contributed by atoms with Crippen LogP contribution in [-0.4, -0.2) is 34.9 Å². The van der Waals surface area contributed by atoms with E-state index < -0.39 is 18.1 Å². The van der Waals surface area contributed by atoms with Gasteiger partial charge in [-0.2, -0.15) is 0 Å². The number of aliphatic carboxylic acids is 1. The van der Waals surface area contributed by atoms with E-state index in [0.29, 0.717) is 5.56 Å². The van der Waals surface area contributed by atoms with Crippen LogP contribution in [0.25, 0.3) is 11.1 Å². The first kappa shape index (κ1) is 23.6. The maximum Gasteiger partial charge on any atom is 0.407 e. The zero-order chi connectivity index (χ0) is 24.4. The van der Waals surface area contributed by atoms with Crippen molar-refractivity contribution in [2.24, 2.45) is 0 Å². The summed E-state index contributed by atoms with van der Waals surface area (Å²) in [5, 5.41) is 22.6. The molecule has 176 valence electrons. The quantitative estimate of drug-likeness (QED) is 0.403. The van der Waals surface area contributed by atoms with Gasteiger partial charge in [0.15, 0.2) is 0 Å². The van der Waals surface area contributed by atoms with Crippen LogP contribution in [0.3, 0.4) is 0 Å². The van der Waals surface area contributed by atoms with Gasteiger partial charge in [-0.3, -0.25) is 0 Å². The van der Waals surface area contributed by atoms with Gasteiger partial charge in [-0.1, -0.05) is 80.0 Å². The second kappa shape index (κ2) is 9.77. The fraction of sp³-hybridized carbons (Fsp3) is 0.259. The Morgan fingerprint density at radius 2 is 1.62 bits per heavy atom. The number of fused-ring (bicyclic) bond motifs is 3. The van der Waals surface area contributed by atoms with Gasteiger partial charge in [0.2, 0.25) is 0 Å². The molecule has 6 nitrogen and oxygen atoms in total. The lowest BCUT2D eigenvalue weighted by Crippen LogP contribution is -2.43. The Bertz CT molecular complexity index is 1190. The van der Waals surface area contributed by atoms with E-state index in [9.17, 15) is 19.8 Å². The van der Waals surface area contributed by atoms with Crippen molar-refractivity contribution >= 4 is 23.7 Å². The molecule has 0 saturated carbocycles. The maximum absolute atomic E-state index is 12.6. The summed E-state index contributed by atoms with van der Waals surface area (Å²) in [6.45, 7) is 4.01. The number of carboxylic acids is 1. The first-order valence-corrected chi connectivity index (χ1v) is 11.5. The Morgan fingerprint density at radius 1 is 1.03 bits per heavy atom. The lowest BCUT2D eigenvalue weighted by atomic mass is 9.97. The fourth-order valence-corrected chi connectivity index (χ4v) is 4.62. The molecule has 0 aromatic heterocycles. The number of benzene rings is 3. The van der Waals surface area contributed by atoms with Crippen LogP contribution in [0.2, 0.25) is 5.02 Å². The van der Waals surface area contributed by atoms with E-state index in [1.807, 2.05) is 62.4 Å². The SMILES string of the molecule is CC(C)c1cc(Cl)c(O)c(CC(NC(=O)OCC2c3ccccc3-c3ccccc32)C(=O)O)c1. The zero-order valence-corrected chi connectivity index (χ0v) is 19.7. The van der Waals surface area contributed by atoms with E-state index in [-0.39, 0.29) is 35.6 Å². The summed E-state index contributed by atoms with van der Waals surface area (Å²) in [5.41, 5.74) is 5.55. The van der Waals surface area contributed by atoms with Crippen molar-refractivity contribution < 1.29 is 24.5 Å². The van der Waals surface area contributed by atoms with E-state index in [1.54, 1.807) is 12.1 Å². The molecule has 0 saturated heterocycles. The predicted molar refractivity (Wildman–Crippen MR) is 131 cm³/mol. The summed E-state index contributed by atoms with van der Waals surface area (Å²) in [6.07, 6.45) is -0.967. The number of aromatic hydroxyl groups is 1. The molecule has 1 unspecified atom stereocenters. The third-order valence-corrected chi connectivity index (χ3v) is 6.48. The zero-order valence-electron chi connectivity index (χ0n) is 18.9. The number of halogens is 1. The molecule has 1 atom stereocenters. The summed E-state index contributed by atoms with van der Waals surface area (Å²) in [5.74, 6) is -1.42. The van der Waals surface area contributed by atoms with Crippen LogP contribution >= 0.6 is 11.6 Å². The smallest absolute Gasteiger partial charge is 0.407 e. The molecule has 1 aliphatic carbocycles. The molecule has 0 aliphatic heterocycles. The standard InChI is InChI=1S/C27H26ClNO5/c1-15(2)16-11-17(25(30)23(28)12-16)13-24(26(31)32)29-27(33)34-14-22-20-9-5-3-7-18(20)19-8-4-6-10-21(19)22/h3-12,15,22,24,30H,13-14H2,1-2H3,(H,29,33)(H,31,32). The number of alkyl carbamates (subject to hydrolysis) is 1.